The summed E-state index contributed by atoms with van der Waals surface area (Å²) in [6.45, 7) is 5.39. The molecule has 0 aliphatic carbocycles. The molecule has 2 aromatic carbocycles. The zero-order chi connectivity index (χ0) is 23.5. The molecule has 3 aromatic rings. The molecule has 0 saturated carbocycles. The lowest BCUT2D eigenvalue weighted by molar-refractivity contribution is 0.107. The van der Waals surface area contributed by atoms with E-state index >= 15 is 0 Å². The van der Waals surface area contributed by atoms with Gasteiger partial charge >= 0.3 is 0 Å². The Kier molecular flexibility index (Phi) is 6.85. The van der Waals surface area contributed by atoms with Crippen LogP contribution in [0.3, 0.4) is 0 Å². The molecule has 176 valence electrons. The highest BCUT2D eigenvalue weighted by Crippen LogP contribution is 2.35. The number of methoxy groups -OCH3 is 3. The molecular weight excluding hydrogens is 420 g/mol. The molecule has 8 heteroatoms. The summed E-state index contributed by atoms with van der Waals surface area (Å²) in [5, 5.41) is 0.506. The quantitative estimate of drug-likeness (QED) is 0.563. The minimum Gasteiger partial charge on any atom is -0.493 e. The third kappa shape index (κ3) is 4.82. The summed E-state index contributed by atoms with van der Waals surface area (Å²) in [4.78, 5) is 24.9. The van der Waals surface area contributed by atoms with Gasteiger partial charge in [-0.25, -0.2) is 4.98 Å². The minimum absolute atomic E-state index is 0.198. The van der Waals surface area contributed by atoms with Crippen LogP contribution >= 0.6 is 0 Å². The van der Waals surface area contributed by atoms with Crippen LogP contribution in [0.5, 0.6) is 11.5 Å². The van der Waals surface area contributed by atoms with E-state index in [0.717, 1.165) is 31.6 Å². The standard InChI is InChI=1S/C25H32N4O4/c1-16-22-20(12-21(32-4)23(16)33-5)26-25(27-24(22)30)28(2)13-17-7-6-8-18(11-17)14-29-10-9-19(15-29)31-3/h6-8,11-12,19H,9-10,13-15H2,1-5H3,(H,26,27,30). The molecule has 1 aromatic heterocycles. The Morgan fingerprint density at radius 2 is 1.97 bits per heavy atom. The van der Waals surface area contributed by atoms with Crippen LogP contribution in [0.25, 0.3) is 10.9 Å². The Morgan fingerprint density at radius 1 is 1.18 bits per heavy atom. The molecule has 4 rings (SSSR count). The number of nitrogens with zero attached hydrogens (tertiary/aromatic N) is 3. The predicted molar refractivity (Wildman–Crippen MR) is 129 cm³/mol. The molecule has 1 fully saturated rings. The van der Waals surface area contributed by atoms with Crippen molar-refractivity contribution in [3.8, 4) is 11.5 Å². The second-order valence-corrected chi connectivity index (χ2v) is 8.58. The number of anilines is 1. The molecule has 1 aliphatic rings. The van der Waals surface area contributed by atoms with Gasteiger partial charge in [-0.1, -0.05) is 24.3 Å². The number of ether oxygens (including phenoxy) is 3. The van der Waals surface area contributed by atoms with Gasteiger partial charge in [-0.15, -0.1) is 0 Å². The van der Waals surface area contributed by atoms with Crippen molar-refractivity contribution in [2.75, 3.05) is 46.4 Å². The summed E-state index contributed by atoms with van der Waals surface area (Å²) in [6.07, 6.45) is 1.41. The van der Waals surface area contributed by atoms with Crippen LogP contribution < -0.4 is 19.9 Å². The second-order valence-electron chi connectivity index (χ2n) is 8.58. The average molecular weight is 453 g/mol. The molecule has 1 unspecified atom stereocenters. The van der Waals surface area contributed by atoms with Crippen LogP contribution in [0, 0.1) is 6.92 Å². The maximum atomic E-state index is 12.9. The maximum absolute atomic E-state index is 12.9. The lowest BCUT2D eigenvalue weighted by atomic mass is 10.1. The number of benzene rings is 2. The van der Waals surface area contributed by atoms with Crippen molar-refractivity contribution in [2.45, 2.75) is 32.5 Å². The van der Waals surface area contributed by atoms with Crippen LogP contribution in [0.1, 0.15) is 23.1 Å². The topological polar surface area (TPSA) is 79.9 Å². The zero-order valence-corrected chi connectivity index (χ0v) is 20.0. The number of fused-ring (bicyclic) bond motifs is 1. The average Bonchev–Trinajstić information content (AvgIpc) is 3.26. The lowest BCUT2D eigenvalue weighted by Crippen LogP contribution is -2.24. The number of aryl methyl sites for hydroxylation is 1. The van der Waals surface area contributed by atoms with Crippen molar-refractivity contribution in [1.29, 1.82) is 0 Å². The first-order chi connectivity index (χ1) is 15.9. The molecule has 0 radical (unpaired) electrons. The number of hydrogen-bond donors (Lipinski definition) is 1. The predicted octanol–water partition coefficient (Wildman–Crippen LogP) is 3.11. The van der Waals surface area contributed by atoms with E-state index in [9.17, 15) is 4.79 Å². The SMILES string of the molecule is COc1cc2nc(N(C)Cc3cccc(CN4CCC(OC)C4)c3)[nH]c(=O)c2c(C)c1OC. The van der Waals surface area contributed by atoms with Gasteiger partial charge in [0.1, 0.15) is 0 Å². The summed E-state index contributed by atoms with van der Waals surface area (Å²) >= 11 is 0. The number of aromatic amines is 1. The molecule has 1 aliphatic heterocycles. The summed E-state index contributed by atoms with van der Waals surface area (Å²) in [5.41, 5.74) is 3.51. The van der Waals surface area contributed by atoms with Gasteiger partial charge in [-0.3, -0.25) is 14.7 Å². The van der Waals surface area contributed by atoms with Gasteiger partial charge in [0.25, 0.3) is 5.56 Å². The number of nitrogens with one attached hydrogen (secondary N) is 1. The molecule has 33 heavy (non-hydrogen) atoms. The number of H-pyrrole nitrogens is 1. The van der Waals surface area contributed by atoms with Crippen LogP contribution in [-0.2, 0) is 17.8 Å². The number of rotatable bonds is 8. The molecule has 1 saturated heterocycles. The van der Waals surface area contributed by atoms with E-state index in [1.807, 2.05) is 18.9 Å². The van der Waals surface area contributed by atoms with Crippen LogP contribution in [-0.4, -0.2) is 62.4 Å². The summed E-state index contributed by atoms with van der Waals surface area (Å²) in [5.74, 6) is 1.61. The monoisotopic (exact) mass is 452 g/mol. The Balaban J connectivity index is 1.55. The molecule has 0 spiro atoms. The van der Waals surface area contributed by atoms with Crippen LogP contribution in [0.15, 0.2) is 35.1 Å². The largest absolute Gasteiger partial charge is 0.493 e. The third-order valence-electron chi connectivity index (χ3n) is 6.31. The Morgan fingerprint density at radius 3 is 2.67 bits per heavy atom. The van der Waals surface area contributed by atoms with Crippen molar-refractivity contribution >= 4 is 16.9 Å². The Labute approximate surface area is 194 Å². The number of aromatic nitrogens is 2. The summed E-state index contributed by atoms with van der Waals surface area (Å²) in [6, 6.07) is 10.3. The fraction of sp³-hybridized carbons (Fsp3) is 0.440. The smallest absolute Gasteiger partial charge is 0.260 e. The first-order valence-corrected chi connectivity index (χ1v) is 11.1. The molecule has 0 amide bonds. The molecular formula is C25H32N4O4. The highest BCUT2D eigenvalue weighted by Gasteiger charge is 2.22. The van der Waals surface area contributed by atoms with Crippen molar-refractivity contribution in [3.05, 3.63) is 57.4 Å². The molecule has 1 N–H and O–H groups in total. The Bertz CT molecular complexity index is 1190. The van der Waals surface area contributed by atoms with Crippen LogP contribution in [0.2, 0.25) is 0 Å². The van der Waals surface area contributed by atoms with Crippen molar-refractivity contribution in [1.82, 2.24) is 14.9 Å². The first kappa shape index (κ1) is 23.1. The van der Waals surface area contributed by atoms with Gasteiger partial charge in [0.15, 0.2) is 11.5 Å². The molecule has 0 bridgehead atoms. The van der Waals surface area contributed by atoms with Crippen molar-refractivity contribution in [2.24, 2.45) is 0 Å². The number of hydrogen-bond acceptors (Lipinski definition) is 7. The van der Waals surface area contributed by atoms with Crippen LogP contribution in [0.4, 0.5) is 5.95 Å². The Hall–Kier alpha value is -3.10. The normalized spacial score (nSPS) is 16.3. The van der Waals surface area contributed by atoms with Gasteiger partial charge in [0.2, 0.25) is 5.95 Å². The van der Waals surface area contributed by atoms with Gasteiger partial charge in [0.05, 0.1) is 31.2 Å². The van der Waals surface area contributed by atoms with Crippen molar-refractivity contribution < 1.29 is 14.2 Å². The van der Waals surface area contributed by atoms with E-state index in [0.29, 0.717) is 46.6 Å². The van der Waals surface area contributed by atoms with Gasteiger partial charge in [-0.2, -0.15) is 0 Å². The fourth-order valence-corrected chi connectivity index (χ4v) is 4.59. The van der Waals surface area contributed by atoms with E-state index < -0.39 is 0 Å². The zero-order valence-electron chi connectivity index (χ0n) is 20.0. The maximum Gasteiger partial charge on any atom is 0.260 e. The van der Waals surface area contributed by atoms with Gasteiger partial charge in [-0.05, 0) is 24.5 Å². The number of likely N-dealkylation sites (tertiary alicyclic amines) is 1. The molecule has 1 atom stereocenters. The van der Waals surface area contributed by atoms with E-state index in [4.69, 9.17) is 19.2 Å². The highest BCUT2D eigenvalue weighted by atomic mass is 16.5. The van der Waals surface area contributed by atoms with E-state index in [1.165, 1.54) is 5.56 Å². The fourth-order valence-electron chi connectivity index (χ4n) is 4.59. The summed E-state index contributed by atoms with van der Waals surface area (Å²) in [7, 11) is 6.85. The van der Waals surface area contributed by atoms with Gasteiger partial charge in [0, 0.05) is 52.0 Å². The van der Waals surface area contributed by atoms with E-state index in [2.05, 4.69) is 34.1 Å². The highest BCUT2D eigenvalue weighted by molar-refractivity contribution is 5.86. The lowest BCUT2D eigenvalue weighted by Gasteiger charge is -2.20. The van der Waals surface area contributed by atoms with E-state index in [-0.39, 0.29) is 5.56 Å². The minimum atomic E-state index is -0.198. The van der Waals surface area contributed by atoms with Gasteiger partial charge < -0.3 is 19.1 Å². The van der Waals surface area contributed by atoms with E-state index in [1.54, 1.807) is 27.4 Å². The first-order valence-electron chi connectivity index (χ1n) is 11.1. The molecule has 2 heterocycles. The van der Waals surface area contributed by atoms with Crippen molar-refractivity contribution in [3.63, 3.8) is 0 Å². The summed E-state index contributed by atoms with van der Waals surface area (Å²) < 4.78 is 16.4. The third-order valence-corrected chi connectivity index (χ3v) is 6.31. The molecule has 8 nitrogen and oxygen atoms in total. The second kappa shape index (κ2) is 9.80.